The molecular formula is C35H27N3O2. The van der Waals surface area contributed by atoms with E-state index in [1.807, 2.05) is 54.6 Å². The molecule has 194 valence electrons. The molecule has 5 rings (SSSR count). The Balaban J connectivity index is 1.46. The van der Waals surface area contributed by atoms with Crippen molar-refractivity contribution in [3.8, 4) is 11.1 Å². The van der Waals surface area contributed by atoms with E-state index in [9.17, 15) is 9.59 Å². The highest BCUT2D eigenvalue weighted by Gasteiger charge is 2.23. The monoisotopic (exact) mass is 521 g/mol. The van der Waals surface area contributed by atoms with Crippen LogP contribution in [0.15, 0.2) is 137 Å². The quantitative estimate of drug-likeness (QED) is 0.151. The van der Waals surface area contributed by atoms with Crippen molar-refractivity contribution in [1.82, 2.24) is 0 Å². The highest BCUT2D eigenvalue weighted by Crippen LogP contribution is 2.38. The molecule has 0 aliphatic carbocycles. The van der Waals surface area contributed by atoms with Crippen molar-refractivity contribution in [2.24, 2.45) is 9.98 Å². The maximum Gasteiger partial charge on any atom is 0.240 e. The summed E-state index contributed by atoms with van der Waals surface area (Å²) in [6.45, 7) is 4.37. The van der Waals surface area contributed by atoms with Crippen LogP contribution in [0.5, 0.6) is 0 Å². The minimum absolute atomic E-state index is 0.242. The molecule has 0 unspecified atom stereocenters. The van der Waals surface area contributed by atoms with E-state index in [4.69, 9.17) is 0 Å². The fraction of sp³-hybridized carbons (Fsp3) is 0.0857. The Kier molecular flexibility index (Phi) is 7.61. The van der Waals surface area contributed by atoms with Crippen LogP contribution >= 0.6 is 0 Å². The van der Waals surface area contributed by atoms with Crippen LogP contribution in [0.2, 0.25) is 0 Å². The average Bonchev–Trinajstić information content (AvgIpc) is 3.00. The molecule has 0 aliphatic rings. The molecule has 0 saturated carbocycles. The molecule has 0 heterocycles. The van der Waals surface area contributed by atoms with Gasteiger partial charge in [-0.2, -0.15) is 9.98 Å². The number of carbonyl (C=O) groups excluding carboxylic acids is 2. The topological polar surface area (TPSA) is 62.1 Å². The van der Waals surface area contributed by atoms with Crippen molar-refractivity contribution >= 4 is 40.6 Å². The number of aliphatic imine (C=N–C) groups is 2. The van der Waals surface area contributed by atoms with E-state index in [1.165, 1.54) is 5.56 Å². The predicted octanol–water partition coefficient (Wildman–Crippen LogP) is 9.08. The van der Waals surface area contributed by atoms with Crippen LogP contribution in [0.4, 0.5) is 28.4 Å². The highest BCUT2D eigenvalue weighted by molar-refractivity contribution is 5.78. The van der Waals surface area contributed by atoms with Gasteiger partial charge < -0.3 is 4.90 Å². The van der Waals surface area contributed by atoms with Crippen LogP contribution in [0.1, 0.15) is 25.0 Å². The molecule has 40 heavy (non-hydrogen) atoms. The van der Waals surface area contributed by atoms with E-state index in [0.717, 1.165) is 33.8 Å². The van der Waals surface area contributed by atoms with Crippen molar-refractivity contribution in [2.45, 2.75) is 19.3 Å². The lowest BCUT2D eigenvalue weighted by atomic mass is 9.78. The zero-order valence-corrected chi connectivity index (χ0v) is 22.3. The lowest BCUT2D eigenvalue weighted by molar-refractivity contribution is 0.564. The van der Waals surface area contributed by atoms with Gasteiger partial charge in [-0.25, -0.2) is 9.59 Å². The normalized spacial score (nSPS) is 10.8. The summed E-state index contributed by atoms with van der Waals surface area (Å²) in [5.74, 6) is 0. The second kappa shape index (κ2) is 11.6. The van der Waals surface area contributed by atoms with Gasteiger partial charge in [0.2, 0.25) is 12.2 Å². The summed E-state index contributed by atoms with van der Waals surface area (Å²) < 4.78 is 0. The summed E-state index contributed by atoms with van der Waals surface area (Å²) in [5.41, 5.74) is 8.50. The standard InChI is InChI=1S/C35H27N3O2/c1-35(2,28-12-18-31(19-13-28)37-25-40)29-14-22-34(23-15-29)38(32-6-4-3-5-7-32)33-20-10-27(11-21-33)26-8-16-30(17-9-26)36-24-39/h3-23H,1-2H3. The molecule has 5 aromatic rings. The third-order valence-corrected chi connectivity index (χ3v) is 7.13. The van der Waals surface area contributed by atoms with Crippen LogP contribution < -0.4 is 4.90 Å². The van der Waals surface area contributed by atoms with Gasteiger partial charge in [0.25, 0.3) is 0 Å². The fourth-order valence-corrected chi connectivity index (χ4v) is 4.81. The Hall–Kier alpha value is -5.34. The summed E-state index contributed by atoms with van der Waals surface area (Å²) in [6, 6.07) is 42.5. The van der Waals surface area contributed by atoms with Crippen LogP contribution in [0.3, 0.4) is 0 Å². The molecule has 0 radical (unpaired) electrons. The van der Waals surface area contributed by atoms with Gasteiger partial charge in [-0.1, -0.05) is 80.6 Å². The highest BCUT2D eigenvalue weighted by atomic mass is 16.1. The Morgan fingerprint density at radius 3 is 1.35 bits per heavy atom. The predicted molar refractivity (Wildman–Crippen MR) is 161 cm³/mol. The maximum absolute atomic E-state index is 10.6. The first kappa shape index (κ1) is 26.3. The summed E-state index contributed by atoms with van der Waals surface area (Å²) in [4.78, 5) is 30.7. The van der Waals surface area contributed by atoms with Crippen molar-refractivity contribution in [2.75, 3.05) is 4.90 Å². The molecule has 0 N–H and O–H groups in total. The molecule has 0 amide bonds. The summed E-state index contributed by atoms with van der Waals surface area (Å²) in [7, 11) is 0. The third-order valence-electron chi connectivity index (χ3n) is 7.13. The van der Waals surface area contributed by atoms with E-state index in [1.54, 1.807) is 24.3 Å². The lowest BCUT2D eigenvalue weighted by Crippen LogP contribution is -2.19. The Labute approximate surface area is 233 Å². The molecule has 0 bridgehead atoms. The van der Waals surface area contributed by atoms with Gasteiger partial charge in [-0.3, -0.25) is 0 Å². The zero-order valence-electron chi connectivity index (χ0n) is 22.3. The van der Waals surface area contributed by atoms with E-state index in [0.29, 0.717) is 11.4 Å². The summed E-state index contributed by atoms with van der Waals surface area (Å²) in [5, 5.41) is 0. The van der Waals surface area contributed by atoms with Crippen LogP contribution in [0.25, 0.3) is 11.1 Å². The number of para-hydroxylation sites is 1. The number of benzene rings is 5. The number of isocyanates is 2. The molecule has 5 aromatic carbocycles. The minimum Gasteiger partial charge on any atom is -0.311 e. The Morgan fingerprint density at radius 2 is 0.875 bits per heavy atom. The van der Waals surface area contributed by atoms with Crippen molar-refractivity contribution in [1.29, 1.82) is 0 Å². The number of hydrogen-bond donors (Lipinski definition) is 0. The second-order valence-corrected chi connectivity index (χ2v) is 9.89. The average molecular weight is 522 g/mol. The molecule has 0 saturated heterocycles. The molecule has 0 spiro atoms. The summed E-state index contributed by atoms with van der Waals surface area (Å²) in [6.07, 6.45) is 3.17. The molecule has 0 aliphatic heterocycles. The summed E-state index contributed by atoms with van der Waals surface area (Å²) >= 11 is 0. The van der Waals surface area contributed by atoms with Crippen molar-refractivity contribution in [3.05, 3.63) is 139 Å². The molecule has 0 atom stereocenters. The first-order valence-corrected chi connectivity index (χ1v) is 12.9. The van der Waals surface area contributed by atoms with Gasteiger partial charge in [-0.15, -0.1) is 0 Å². The molecule has 0 aromatic heterocycles. The van der Waals surface area contributed by atoms with Gasteiger partial charge in [0.05, 0.1) is 11.4 Å². The Bertz CT molecular complexity index is 1680. The smallest absolute Gasteiger partial charge is 0.240 e. The van der Waals surface area contributed by atoms with Gasteiger partial charge in [-0.05, 0) is 82.9 Å². The zero-order chi connectivity index (χ0) is 28.0. The van der Waals surface area contributed by atoms with Crippen LogP contribution in [-0.4, -0.2) is 12.2 Å². The van der Waals surface area contributed by atoms with Gasteiger partial charge in [0.15, 0.2) is 0 Å². The fourth-order valence-electron chi connectivity index (χ4n) is 4.81. The molecular weight excluding hydrogens is 494 g/mol. The van der Waals surface area contributed by atoms with Crippen LogP contribution in [0, 0.1) is 0 Å². The number of hydrogen-bond acceptors (Lipinski definition) is 5. The largest absolute Gasteiger partial charge is 0.311 e. The minimum atomic E-state index is -0.242. The maximum atomic E-state index is 10.6. The van der Waals surface area contributed by atoms with E-state index < -0.39 is 0 Å². The van der Waals surface area contributed by atoms with E-state index >= 15 is 0 Å². The number of rotatable bonds is 8. The van der Waals surface area contributed by atoms with Crippen LogP contribution in [-0.2, 0) is 15.0 Å². The first-order valence-electron chi connectivity index (χ1n) is 12.9. The molecule has 0 fully saturated rings. The van der Waals surface area contributed by atoms with E-state index in [2.05, 4.69) is 89.4 Å². The molecule has 5 heteroatoms. The van der Waals surface area contributed by atoms with Gasteiger partial charge in [0, 0.05) is 22.5 Å². The second-order valence-electron chi connectivity index (χ2n) is 9.89. The Morgan fingerprint density at radius 1 is 0.500 bits per heavy atom. The van der Waals surface area contributed by atoms with E-state index in [-0.39, 0.29) is 5.41 Å². The van der Waals surface area contributed by atoms with Gasteiger partial charge in [0.1, 0.15) is 0 Å². The van der Waals surface area contributed by atoms with Gasteiger partial charge >= 0.3 is 0 Å². The lowest BCUT2D eigenvalue weighted by Gasteiger charge is -2.29. The first-order chi connectivity index (χ1) is 19.5. The number of nitrogens with zero attached hydrogens (tertiary/aromatic N) is 3. The third kappa shape index (κ3) is 5.57. The number of anilines is 3. The van der Waals surface area contributed by atoms with Crippen molar-refractivity contribution in [3.63, 3.8) is 0 Å². The van der Waals surface area contributed by atoms with Crippen molar-refractivity contribution < 1.29 is 9.59 Å². The molecule has 5 nitrogen and oxygen atoms in total. The SMILES string of the molecule is CC(C)(c1ccc(N=C=O)cc1)c1ccc(N(c2ccccc2)c2ccc(-c3ccc(N=C=O)cc3)cc2)cc1.